The van der Waals surface area contributed by atoms with Crippen molar-refractivity contribution in [2.75, 3.05) is 13.7 Å². The monoisotopic (exact) mass is 259 g/mol. The number of esters is 1. The summed E-state index contributed by atoms with van der Waals surface area (Å²) in [6.45, 7) is 6.77. The summed E-state index contributed by atoms with van der Waals surface area (Å²) in [7, 11) is 1.37. The van der Waals surface area contributed by atoms with Crippen LogP contribution >= 0.6 is 0 Å². The van der Waals surface area contributed by atoms with E-state index in [-0.39, 0.29) is 11.4 Å². The van der Waals surface area contributed by atoms with Crippen LogP contribution in [0.2, 0.25) is 0 Å². The van der Waals surface area contributed by atoms with Gasteiger partial charge in [0.15, 0.2) is 0 Å². The highest BCUT2D eigenvalue weighted by atomic mass is 16.5. The van der Waals surface area contributed by atoms with Crippen molar-refractivity contribution in [1.82, 2.24) is 5.32 Å². The third-order valence-corrected chi connectivity index (χ3v) is 2.96. The third kappa shape index (κ3) is 4.11. The van der Waals surface area contributed by atoms with Crippen molar-refractivity contribution < 1.29 is 9.53 Å². The van der Waals surface area contributed by atoms with E-state index in [0.29, 0.717) is 6.54 Å². The number of rotatable bonds is 4. The second-order valence-electron chi connectivity index (χ2n) is 5.41. The Morgan fingerprint density at radius 1 is 1.37 bits per heavy atom. The van der Waals surface area contributed by atoms with Crippen LogP contribution in [0.25, 0.3) is 0 Å². The Morgan fingerprint density at radius 2 is 1.95 bits per heavy atom. The van der Waals surface area contributed by atoms with Crippen LogP contribution in [0.3, 0.4) is 0 Å². The molecule has 3 heteroatoms. The van der Waals surface area contributed by atoms with Crippen LogP contribution in [0, 0.1) is 12.3 Å². The molecule has 1 N–H and O–H groups in total. The molecule has 1 atom stereocenters. The molecule has 0 aromatic heterocycles. The third-order valence-electron chi connectivity index (χ3n) is 2.96. The summed E-state index contributed by atoms with van der Waals surface area (Å²) in [5.41, 5.74) is 2.16. The molecule has 1 aromatic carbocycles. The second-order valence-corrected chi connectivity index (χ2v) is 5.41. The van der Waals surface area contributed by atoms with Gasteiger partial charge in [0.25, 0.3) is 0 Å². The zero-order valence-corrected chi connectivity index (χ0v) is 12.0. The van der Waals surface area contributed by atoms with E-state index in [9.17, 15) is 4.79 Å². The van der Waals surface area contributed by atoms with Crippen LogP contribution in [-0.2, 0) is 14.9 Å². The lowest BCUT2D eigenvalue weighted by atomic mass is 9.86. The molecule has 0 heterocycles. The number of hydrogen-bond acceptors (Lipinski definition) is 3. The molecule has 0 fully saturated rings. The molecule has 0 saturated carbocycles. The van der Waals surface area contributed by atoms with Crippen LogP contribution < -0.4 is 5.32 Å². The molecule has 102 valence electrons. The van der Waals surface area contributed by atoms with Crippen LogP contribution in [0.15, 0.2) is 24.3 Å². The van der Waals surface area contributed by atoms with Gasteiger partial charge in [-0.15, -0.1) is 6.42 Å². The number of benzene rings is 1. The highest BCUT2D eigenvalue weighted by Gasteiger charge is 2.21. The van der Waals surface area contributed by atoms with Crippen molar-refractivity contribution in [3.8, 4) is 12.3 Å². The normalized spacial score (nSPS) is 12.6. The minimum Gasteiger partial charge on any atom is -0.468 e. The average molecular weight is 259 g/mol. The Hall–Kier alpha value is -1.79. The summed E-state index contributed by atoms with van der Waals surface area (Å²) in [4.78, 5) is 11.7. The number of terminal acetylenes is 1. The first-order valence-corrected chi connectivity index (χ1v) is 6.25. The van der Waals surface area contributed by atoms with E-state index in [1.54, 1.807) is 0 Å². The highest BCUT2D eigenvalue weighted by molar-refractivity contribution is 5.77. The molecule has 19 heavy (non-hydrogen) atoms. The molecule has 0 radical (unpaired) electrons. The first-order chi connectivity index (χ1) is 8.90. The van der Waals surface area contributed by atoms with Gasteiger partial charge in [0, 0.05) is 0 Å². The standard InChI is InChI=1S/C16H21NO2/c1-6-11-17-14(15(18)19-5)12-7-9-13(10-8-12)16(2,3)4/h1,7-10,14,17H,11H2,2-5H3. The minimum absolute atomic E-state index is 0.0888. The van der Waals surface area contributed by atoms with Gasteiger partial charge in [-0.25, -0.2) is 4.79 Å². The molecular weight excluding hydrogens is 238 g/mol. The lowest BCUT2D eigenvalue weighted by Crippen LogP contribution is -2.30. The SMILES string of the molecule is C#CCNC(C(=O)OC)c1ccc(C(C)(C)C)cc1. The maximum atomic E-state index is 11.7. The lowest BCUT2D eigenvalue weighted by molar-refractivity contribution is -0.143. The number of hydrogen-bond donors (Lipinski definition) is 1. The van der Waals surface area contributed by atoms with Gasteiger partial charge in [-0.3, -0.25) is 5.32 Å². The fourth-order valence-corrected chi connectivity index (χ4v) is 1.79. The number of carbonyl (C=O) groups excluding carboxylic acids is 1. The molecule has 0 aliphatic rings. The van der Waals surface area contributed by atoms with Gasteiger partial charge in [-0.05, 0) is 16.5 Å². The van der Waals surface area contributed by atoms with E-state index in [2.05, 4.69) is 32.0 Å². The first kappa shape index (κ1) is 15.3. The molecule has 0 aliphatic carbocycles. The fourth-order valence-electron chi connectivity index (χ4n) is 1.79. The maximum absolute atomic E-state index is 11.7. The van der Waals surface area contributed by atoms with E-state index in [0.717, 1.165) is 5.56 Å². The van der Waals surface area contributed by atoms with Crippen molar-refractivity contribution in [2.45, 2.75) is 32.2 Å². The fraction of sp³-hybridized carbons (Fsp3) is 0.438. The Bertz CT molecular complexity index is 463. The van der Waals surface area contributed by atoms with Crippen LogP contribution in [0.5, 0.6) is 0 Å². The lowest BCUT2D eigenvalue weighted by Gasteiger charge is -2.21. The average Bonchev–Trinajstić information content (AvgIpc) is 2.38. The van der Waals surface area contributed by atoms with Gasteiger partial charge < -0.3 is 4.74 Å². The molecule has 3 nitrogen and oxygen atoms in total. The number of methoxy groups -OCH3 is 1. The molecule has 0 amide bonds. The van der Waals surface area contributed by atoms with E-state index >= 15 is 0 Å². The predicted octanol–water partition coefficient (Wildman–Crippen LogP) is 2.42. The second kappa shape index (κ2) is 6.40. The number of ether oxygens (including phenoxy) is 1. The van der Waals surface area contributed by atoms with E-state index in [1.807, 2.05) is 24.3 Å². The molecule has 1 rings (SSSR count). The Morgan fingerprint density at radius 3 is 2.37 bits per heavy atom. The van der Waals surface area contributed by atoms with Crippen molar-refractivity contribution in [2.24, 2.45) is 0 Å². The van der Waals surface area contributed by atoms with Gasteiger partial charge in [0.2, 0.25) is 0 Å². The van der Waals surface area contributed by atoms with Gasteiger partial charge in [-0.2, -0.15) is 0 Å². The summed E-state index contributed by atoms with van der Waals surface area (Å²) in [6, 6.07) is 7.42. The smallest absolute Gasteiger partial charge is 0.327 e. The summed E-state index contributed by atoms with van der Waals surface area (Å²) >= 11 is 0. The van der Waals surface area contributed by atoms with Gasteiger partial charge >= 0.3 is 5.97 Å². The summed E-state index contributed by atoms with van der Waals surface area (Å²) in [5, 5.41) is 2.98. The minimum atomic E-state index is -0.518. The van der Waals surface area contributed by atoms with Crippen LogP contribution in [0.1, 0.15) is 37.9 Å². The molecule has 0 bridgehead atoms. The van der Waals surface area contributed by atoms with Gasteiger partial charge in [0.1, 0.15) is 6.04 Å². The molecule has 0 spiro atoms. The molecular formula is C16H21NO2. The zero-order valence-electron chi connectivity index (χ0n) is 12.0. The number of carbonyl (C=O) groups is 1. The molecule has 0 aliphatic heterocycles. The Balaban J connectivity index is 2.97. The van der Waals surface area contributed by atoms with E-state index in [1.165, 1.54) is 12.7 Å². The number of nitrogens with one attached hydrogen (secondary N) is 1. The Labute approximate surface area is 115 Å². The van der Waals surface area contributed by atoms with Gasteiger partial charge in [-0.1, -0.05) is 51.0 Å². The largest absolute Gasteiger partial charge is 0.468 e. The van der Waals surface area contributed by atoms with Crippen molar-refractivity contribution in [3.05, 3.63) is 35.4 Å². The van der Waals surface area contributed by atoms with Gasteiger partial charge in [0.05, 0.1) is 13.7 Å². The van der Waals surface area contributed by atoms with Crippen molar-refractivity contribution in [1.29, 1.82) is 0 Å². The highest BCUT2D eigenvalue weighted by Crippen LogP contribution is 2.24. The van der Waals surface area contributed by atoms with Crippen molar-refractivity contribution in [3.63, 3.8) is 0 Å². The Kier molecular flexibility index (Phi) is 5.14. The maximum Gasteiger partial charge on any atom is 0.327 e. The molecule has 1 aromatic rings. The van der Waals surface area contributed by atoms with Crippen molar-refractivity contribution >= 4 is 5.97 Å². The summed E-state index contributed by atoms with van der Waals surface area (Å²) < 4.78 is 4.79. The summed E-state index contributed by atoms with van der Waals surface area (Å²) in [5.74, 6) is 2.13. The summed E-state index contributed by atoms with van der Waals surface area (Å²) in [6.07, 6.45) is 5.21. The van der Waals surface area contributed by atoms with E-state index in [4.69, 9.17) is 11.2 Å². The topological polar surface area (TPSA) is 38.3 Å². The molecule has 0 saturated heterocycles. The quantitative estimate of drug-likeness (QED) is 0.666. The van der Waals surface area contributed by atoms with Crippen LogP contribution in [-0.4, -0.2) is 19.6 Å². The zero-order chi connectivity index (χ0) is 14.5. The van der Waals surface area contributed by atoms with Crippen LogP contribution in [0.4, 0.5) is 0 Å². The van der Waals surface area contributed by atoms with E-state index < -0.39 is 6.04 Å². The predicted molar refractivity (Wildman–Crippen MR) is 76.7 cm³/mol. The first-order valence-electron chi connectivity index (χ1n) is 6.25. The molecule has 1 unspecified atom stereocenters.